The van der Waals surface area contributed by atoms with Gasteiger partial charge in [-0.3, -0.25) is 0 Å². The molecule has 0 spiro atoms. The molecule has 1 heterocycles. The third-order valence-corrected chi connectivity index (χ3v) is 4.18. The predicted octanol–water partition coefficient (Wildman–Crippen LogP) is 3.85. The molecule has 1 aromatic rings. The molecule has 1 fully saturated rings. The van der Waals surface area contributed by atoms with Gasteiger partial charge in [-0.25, -0.2) is 0 Å². The van der Waals surface area contributed by atoms with E-state index in [1.165, 1.54) is 12.1 Å². The number of nitrogens with zero attached hydrogens (tertiary/aromatic N) is 1. The van der Waals surface area contributed by atoms with Gasteiger partial charge in [0.15, 0.2) is 0 Å². The number of hydrogen-bond donors (Lipinski definition) is 1. The molecule has 0 amide bonds. The highest BCUT2D eigenvalue weighted by molar-refractivity contribution is 5.53. The van der Waals surface area contributed by atoms with Gasteiger partial charge in [0.1, 0.15) is 0 Å². The molecule has 2 nitrogen and oxygen atoms in total. The van der Waals surface area contributed by atoms with E-state index in [4.69, 9.17) is 0 Å². The number of alkyl halides is 3. The van der Waals surface area contributed by atoms with E-state index in [0.29, 0.717) is 12.0 Å². The average Bonchev–Trinajstić information content (AvgIpc) is 2.35. The number of likely N-dealkylation sites (tertiary alicyclic amines) is 1. The van der Waals surface area contributed by atoms with Crippen LogP contribution in [0, 0.1) is 5.92 Å². The van der Waals surface area contributed by atoms with Crippen LogP contribution in [0.1, 0.15) is 25.8 Å². The van der Waals surface area contributed by atoms with Gasteiger partial charge in [0, 0.05) is 24.3 Å². The fraction of sp³-hybridized carbons (Fsp3) is 0.600. The minimum Gasteiger partial charge on any atom is -0.381 e. The van der Waals surface area contributed by atoms with E-state index in [0.717, 1.165) is 19.0 Å². The van der Waals surface area contributed by atoms with Gasteiger partial charge in [-0.15, -0.1) is 0 Å². The molecule has 3 atom stereocenters. The van der Waals surface area contributed by atoms with Crippen molar-refractivity contribution in [3.63, 3.8) is 0 Å². The smallest absolute Gasteiger partial charge is 0.381 e. The summed E-state index contributed by atoms with van der Waals surface area (Å²) in [4.78, 5) is 2.25. The van der Waals surface area contributed by atoms with Gasteiger partial charge in [-0.05, 0) is 38.4 Å². The van der Waals surface area contributed by atoms with E-state index in [1.807, 2.05) is 0 Å². The average molecular weight is 286 g/mol. The van der Waals surface area contributed by atoms with Crippen LogP contribution in [0.3, 0.4) is 0 Å². The Kier molecular flexibility index (Phi) is 4.28. The molecule has 1 saturated heterocycles. The Balaban J connectivity index is 2.18. The van der Waals surface area contributed by atoms with Crippen LogP contribution < -0.4 is 5.32 Å². The Labute approximate surface area is 118 Å². The molecule has 0 bridgehead atoms. The quantitative estimate of drug-likeness (QED) is 0.888. The first kappa shape index (κ1) is 15.2. The highest BCUT2D eigenvalue weighted by atomic mass is 19.4. The first-order valence-electron chi connectivity index (χ1n) is 6.92. The maximum atomic E-state index is 13.0. The van der Waals surface area contributed by atoms with Gasteiger partial charge in [-0.2, -0.15) is 13.2 Å². The van der Waals surface area contributed by atoms with Gasteiger partial charge in [0.2, 0.25) is 0 Å². The number of benzene rings is 1. The summed E-state index contributed by atoms with van der Waals surface area (Å²) >= 11 is 0. The van der Waals surface area contributed by atoms with Crippen LogP contribution in [-0.2, 0) is 6.18 Å². The monoisotopic (exact) mass is 286 g/mol. The molecule has 5 heteroatoms. The van der Waals surface area contributed by atoms with E-state index >= 15 is 0 Å². The third kappa shape index (κ3) is 3.26. The fourth-order valence-corrected chi connectivity index (χ4v) is 2.80. The Hall–Kier alpha value is -1.23. The minimum atomic E-state index is -4.32. The van der Waals surface area contributed by atoms with Crippen molar-refractivity contribution in [2.24, 2.45) is 5.92 Å². The maximum Gasteiger partial charge on any atom is 0.418 e. The molecule has 1 aliphatic rings. The molecular formula is C15H21F3N2. The van der Waals surface area contributed by atoms with Crippen LogP contribution >= 0.6 is 0 Å². The second-order valence-corrected chi connectivity index (χ2v) is 5.80. The first-order chi connectivity index (χ1) is 9.29. The highest BCUT2D eigenvalue weighted by Gasteiger charge is 2.35. The third-order valence-electron chi connectivity index (χ3n) is 4.18. The number of nitrogens with one attached hydrogen (secondary N) is 1. The zero-order valence-electron chi connectivity index (χ0n) is 12.0. The van der Waals surface area contributed by atoms with Gasteiger partial charge in [0.05, 0.1) is 5.56 Å². The van der Waals surface area contributed by atoms with E-state index in [1.54, 1.807) is 6.07 Å². The van der Waals surface area contributed by atoms with Crippen molar-refractivity contribution in [3.05, 3.63) is 29.8 Å². The fourth-order valence-electron chi connectivity index (χ4n) is 2.80. The van der Waals surface area contributed by atoms with Crippen molar-refractivity contribution < 1.29 is 13.2 Å². The normalized spacial score (nSPS) is 28.4. The number of rotatable bonds is 2. The minimum absolute atomic E-state index is 0.0738. The Morgan fingerprint density at radius 3 is 2.50 bits per heavy atom. The van der Waals surface area contributed by atoms with Crippen molar-refractivity contribution in [1.29, 1.82) is 0 Å². The van der Waals surface area contributed by atoms with Crippen molar-refractivity contribution in [2.75, 3.05) is 18.9 Å². The summed E-state index contributed by atoms with van der Waals surface area (Å²) in [5, 5.41) is 3.11. The molecule has 112 valence electrons. The second kappa shape index (κ2) is 5.64. The second-order valence-electron chi connectivity index (χ2n) is 5.80. The lowest BCUT2D eigenvalue weighted by molar-refractivity contribution is -0.137. The van der Waals surface area contributed by atoms with Gasteiger partial charge >= 0.3 is 6.18 Å². The van der Waals surface area contributed by atoms with Crippen molar-refractivity contribution in [1.82, 2.24) is 4.90 Å². The molecule has 0 saturated carbocycles. The highest BCUT2D eigenvalue weighted by Crippen LogP contribution is 2.36. The summed E-state index contributed by atoms with van der Waals surface area (Å²) in [7, 11) is 2.06. The van der Waals surface area contributed by atoms with Crippen LogP contribution in [0.2, 0.25) is 0 Å². The number of para-hydroxylation sites is 1. The van der Waals surface area contributed by atoms with E-state index < -0.39 is 11.7 Å². The van der Waals surface area contributed by atoms with Crippen LogP contribution in [0.5, 0.6) is 0 Å². The number of hydrogen-bond acceptors (Lipinski definition) is 2. The molecule has 0 aromatic heterocycles. The SMILES string of the molecule is CC1CN(C)C(C)CC1Nc1ccccc1C(F)(F)F. The summed E-state index contributed by atoms with van der Waals surface area (Å²) in [6, 6.07) is 6.16. The summed E-state index contributed by atoms with van der Waals surface area (Å²) in [6.45, 7) is 5.08. The van der Waals surface area contributed by atoms with Crippen LogP contribution in [0.4, 0.5) is 18.9 Å². The van der Waals surface area contributed by atoms with E-state index in [2.05, 4.69) is 31.1 Å². The standard InChI is InChI=1S/C15H21F3N2/c1-10-9-20(3)11(2)8-14(10)19-13-7-5-4-6-12(13)15(16,17)18/h4-7,10-11,14,19H,8-9H2,1-3H3. The first-order valence-corrected chi connectivity index (χ1v) is 6.92. The Morgan fingerprint density at radius 2 is 1.85 bits per heavy atom. The Morgan fingerprint density at radius 1 is 1.20 bits per heavy atom. The molecule has 1 aromatic carbocycles. The zero-order chi connectivity index (χ0) is 14.9. The molecular weight excluding hydrogens is 265 g/mol. The van der Waals surface area contributed by atoms with Crippen LogP contribution in [0.25, 0.3) is 0 Å². The molecule has 0 aliphatic carbocycles. The van der Waals surface area contributed by atoms with Gasteiger partial charge in [0.25, 0.3) is 0 Å². The maximum absolute atomic E-state index is 13.0. The molecule has 1 aliphatic heterocycles. The zero-order valence-corrected chi connectivity index (χ0v) is 12.0. The van der Waals surface area contributed by atoms with Crippen LogP contribution in [0.15, 0.2) is 24.3 Å². The van der Waals surface area contributed by atoms with Gasteiger partial charge in [-0.1, -0.05) is 19.1 Å². The molecule has 3 unspecified atom stereocenters. The lowest BCUT2D eigenvalue weighted by Crippen LogP contribution is -2.48. The number of anilines is 1. The summed E-state index contributed by atoms with van der Waals surface area (Å²) in [5.74, 6) is 0.317. The largest absolute Gasteiger partial charge is 0.418 e. The van der Waals surface area contributed by atoms with Gasteiger partial charge < -0.3 is 10.2 Å². The Bertz CT molecular complexity index is 459. The van der Waals surface area contributed by atoms with Crippen molar-refractivity contribution in [2.45, 2.75) is 38.5 Å². The number of piperidine rings is 1. The topological polar surface area (TPSA) is 15.3 Å². The molecule has 2 rings (SSSR count). The summed E-state index contributed by atoms with van der Waals surface area (Å²) in [5.41, 5.74) is -0.396. The summed E-state index contributed by atoms with van der Waals surface area (Å²) in [6.07, 6.45) is -3.46. The lowest BCUT2D eigenvalue weighted by atomic mass is 9.89. The van der Waals surface area contributed by atoms with E-state index in [-0.39, 0.29) is 11.7 Å². The van der Waals surface area contributed by atoms with Crippen molar-refractivity contribution >= 4 is 5.69 Å². The molecule has 0 radical (unpaired) electrons. The van der Waals surface area contributed by atoms with E-state index in [9.17, 15) is 13.2 Å². The predicted molar refractivity (Wildman–Crippen MR) is 74.7 cm³/mol. The molecule has 20 heavy (non-hydrogen) atoms. The summed E-state index contributed by atoms with van der Waals surface area (Å²) < 4.78 is 39.0. The lowest BCUT2D eigenvalue weighted by Gasteiger charge is -2.40. The van der Waals surface area contributed by atoms with Crippen LogP contribution in [-0.4, -0.2) is 30.6 Å². The molecule has 1 N–H and O–H groups in total. The number of halogens is 3. The van der Waals surface area contributed by atoms with Crippen molar-refractivity contribution in [3.8, 4) is 0 Å².